The first-order valence-corrected chi connectivity index (χ1v) is 7.34. The molecule has 0 saturated carbocycles. The van der Waals surface area contributed by atoms with Crippen molar-refractivity contribution in [3.8, 4) is 22.3 Å². The number of nitrogens with zero attached hydrogens (tertiary/aromatic N) is 1. The van der Waals surface area contributed by atoms with Gasteiger partial charge in [-0.3, -0.25) is 4.98 Å². The van der Waals surface area contributed by atoms with Crippen LogP contribution in [0.4, 0.5) is 0 Å². The van der Waals surface area contributed by atoms with E-state index in [0.717, 1.165) is 0 Å². The van der Waals surface area contributed by atoms with Gasteiger partial charge in [0.1, 0.15) is 0 Å². The average Bonchev–Trinajstić information content (AvgIpc) is 2.73. The summed E-state index contributed by atoms with van der Waals surface area (Å²) in [5.74, 6) is 0. The maximum atomic E-state index is 8.49. The molecule has 0 atom stereocenters. The van der Waals surface area contributed by atoms with Crippen molar-refractivity contribution in [3.63, 3.8) is 0 Å². The second-order valence-corrected chi connectivity index (χ2v) is 6.36. The van der Waals surface area contributed by atoms with E-state index in [-0.39, 0.29) is 52.9 Å². The second-order valence-electron chi connectivity index (χ2n) is 6.36. The summed E-state index contributed by atoms with van der Waals surface area (Å²) >= 11 is 0. The van der Waals surface area contributed by atoms with E-state index in [0.29, 0.717) is 16.7 Å². The molecule has 3 rings (SSSR count). The van der Waals surface area contributed by atoms with Gasteiger partial charge in [-0.2, -0.15) is 0 Å². The first kappa shape index (κ1) is 7.92. The Labute approximate surface area is 151 Å². The van der Waals surface area contributed by atoms with Crippen molar-refractivity contribution in [2.24, 2.45) is 0 Å². The minimum Gasteiger partial charge on any atom is -0.263 e. The summed E-state index contributed by atoms with van der Waals surface area (Å²) in [5, 5.41) is 0. The van der Waals surface area contributed by atoms with Crippen LogP contribution < -0.4 is 0 Å². The summed E-state index contributed by atoms with van der Waals surface area (Å²) < 4.78 is 74.2. The van der Waals surface area contributed by atoms with Crippen molar-refractivity contribution >= 4 is 0 Å². The maximum absolute atomic E-state index is 8.49. The van der Waals surface area contributed by atoms with Gasteiger partial charge in [-0.25, -0.2) is 0 Å². The molecule has 1 heteroatoms. The first-order chi connectivity index (χ1) is 14.7. The number of rotatable bonds is 2. The van der Waals surface area contributed by atoms with Gasteiger partial charge in [0.2, 0.25) is 0 Å². The van der Waals surface area contributed by atoms with Crippen LogP contribution in [-0.4, -0.2) is 4.98 Å². The molecule has 0 saturated heterocycles. The summed E-state index contributed by atoms with van der Waals surface area (Å²) in [6.07, 6.45) is 2.86. The molecule has 1 heterocycles. The predicted octanol–water partition coefficient (Wildman–Crippen LogP) is 6.02. The Hall–Kier alpha value is -2.41. The minimum atomic E-state index is -0.648. The molecule has 116 valence electrons. The Morgan fingerprint density at radius 1 is 0.783 bits per heavy atom. The van der Waals surface area contributed by atoms with E-state index >= 15 is 0 Å². The fraction of sp³-hybridized carbons (Fsp3) is 0.227. The Kier molecular flexibility index (Phi) is 2.07. The standard InChI is InChI=1S/C22H23N/c1-16-10-12-18(13-11-16)20-15-23-14-19(21(20)22(2,3)4)17-8-6-5-7-9-17/h5-15H,1-4H3/i5D,6D,7D,8D,9D,10D,11D,12D,13D. The quantitative estimate of drug-likeness (QED) is 0.564. The van der Waals surface area contributed by atoms with Crippen molar-refractivity contribution < 1.29 is 12.3 Å². The first-order valence-electron chi connectivity index (χ1n) is 11.8. The Balaban J connectivity index is 2.55. The normalized spacial score (nSPS) is 17.0. The molecule has 0 N–H and O–H groups in total. The highest BCUT2D eigenvalue weighted by Gasteiger charge is 2.23. The topological polar surface area (TPSA) is 12.9 Å². The van der Waals surface area contributed by atoms with Crippen molar-refractivity contribution in [2.75, 3.05) is 0 Å². The monoisotopic (exact) mass is 310 g/mol. The lowest BCUT2D eigenvalue weighted by Gasteiger charge is -2.26. The molecule has 0 amide bonds. The summed E-state index contributed by atoms with van der Waals surface area (Å²) in [6, 6.07) is -2.92. The van der Waals surface area contributed by atoms with Crippen LogP contribution >= 0.6 is 0 Å². The van der Waals surface area contributed by atoms with Crippen LogP contribution in [-0.2, 0) is 5.41 Å². The lowest BCUT2D eigenvalue weighted by atomic mass is 9.78. The zero-order chi connectivity index (χ0) is 24.3. The Bertz CT molecular complexity index is 1110. The van der Waals surface area contributed by atoms with Crippen molar-refractivity contribution in [1.82, 2.24) is 4.98 Å². The van der Waals surface area contributed by atoms with E-state index in [1.165, 1.54) is 19.3 Å². The SMILES string of the molecule is [2H]c1c([2H])c([2H])c(-c2cncc(-c3c([2H])c([2H])c(C)c([2H])c3[2H])c2C(C)(C)C)c([2H])c1[2H]. The molecule has 1 aromatic heterocycles. The van der Waals surface area contributed by atoms with Crippen LogP contribution in [0.15, 0.2) is 66.8 Å². The van der Waals surface area contributed by atoms with E-state index in [1.807, 2.05) is 20.8 Å². The predicted molar refractivity (Wildman–Crippen MR) is 98.5 cm³/mol. The molecule has 0 fully saturated rings. The van der Waals surface area contributed by atoms with E-state index < -0.39 is 23.5 Å². The molecule has 1 nitrogen and oxygen atoms in total. The van der Waals surface area contributed by atoms with Crippen LogP contribution in [0.25, 0.3) is 22.3 Å². The number of benzene rings is 2. The van der Waals surface area contributed by atoms with Crippen LogP contribution in [0.5, 0.6) is 0 Å². The van der Waals surface area contributed by atoms with E-state index in [2.05, 4.69) is 4.98 Å². The molecule has 0 unspecified atom stereocenters. The summed E-state index contributed by atoms with van der Waals surface area (Å²) in [7, 11) is 0. The highest BCUT2D eigenvalue weighted by Crippen LogP contribution is 2.39. The molecule has 3 aromatic rings. The van der Waals surface area contributed by atoms with Crippen molar-refractivity contribution in [1.29, 1.82) is 0 Å². The van der Waals surface area contributed by atoms with Crippen LogP contribution in [0, 0.1) is 6.92 Å². The molecule has 0 radical (unpaired) electrons. The fourth-order valence-electron chi connectivity index (χ4n) is 2.54. The summed E-state index contributed by atoms with van der Waals surface area (Å²) in [5.41, 5.74) is 0.787. The van der Waals surface area contributed by atoms with E-state index in [1.54, 1.807) is 0 Å². The highest BCUT2D eigenvalue weighted by atomic mass is 14.6. The molecular formula is C22H23N. The zero-order valence-electron chi connectivity index (χ0n) is 22.6. The smallest absolute Gasteiger partial charge is 0.0629 e. The van der Waals surface area contributed by atoms with Crippen molar-refractivity contribution in [3.05, 3.63) is 77.9 Å². The highest BCUT2D eigenvalue weighted by molar-refractivity contribution is 5.79. The second kappa shape index (κ2) is 6.00. The van der Waals surface area contributed by atoms with Gasteiger partial charge >= 0.3 is 0 Å². The van der Waals surface area contributed by atoms with Gasteiger partial charge in [-0.1, -0.05) is 80.7 Å². The fourth-order valence-corrected chi connectivity index (χ4v) is 2.54. The van der Waals surface area contributed by atoms with Crippen molar-refractivity contribution in [2.45, 2.75) is 33.1 Å². The van der Waals surface area contributed by atoms with Gasteiger partial charge in [0.05, 0.1) is 12.3 Å². The molecular weight excluding hydrogens is 278 g/mol. The summed E-state index contributed by atoms with van der Waals surface area (Å²) in [4.78, 5) is 4.21. The Morgan fingerprint density at radius 2 is 1.30 bits per heavy atom. The number of pyridine rings is 1. The Morgan fingerprint density at radius 3 is 1.83 bits per heavy atom. The largest absolute Gasteiger partial charge is 0.263 e. The zero-order valence-corrected chi connectivity index (χ0v) is 13.6. The lowest BCUT2D eigenvalue weighted by Crippen LogP contribution is -2.15. The van der Waals surface area contributed by atoms with Gasteiger partial charge < -0.3 is 0 Å². The molecule has 2 aromatic carbocycles. The third-order valence-electron chi connectivity index (χ3n) is 3.48. The van der Waals surface area contributed by atoms with Crippen LogP contribution in [0.3, 0.4) is 0 Å². The maximum Gasteiger partial charge on any atom is 0.0629 e. The van der Waals surface area contributed by atoms with Crippen LogP contribution in [0.1, 0.15) is 44.2 Å². The van der Waals surface area contributed by atoms with Gasteiger partial charge in [0, 0.05) is 23.5 Å². The number of hydrogen-bond acceptors (Lipinski definition) is 1. The molecule has 0 spiro atoms. The third-order valence-corrected chi connectivity index (χ3v) is 3.48. The van der Waals surface area contributed by atoms with E-state index in [9.17, 15) is 0 Å². The number of aromatic nitrogens is 1. The van der Waals surface area contributed by atoms with Gasteiger partial charge in [-0.05, 0) is 29.0 Å². The molecule has 0 bridgehead atoms. The van der Waals surface area contributed by atoms with Gasteiger partial charge in [0.15, 0.2) is 0 Å². The van der Waals surface area contributed by atoms with Gasteiger partial charge in [-0.15, -0.1) is 0 Å². The minimum absolute atomic E-state index is 0.0161. The number of hydrogen-bond donors (Lipinski definition) is 0. The average molecular weight is 310 g/mol. The third kappa shape index (κ3) is 3.19. The lowest BCUT2D eigenvalue weighted by molar-refractivity contribution is 0.593. The molecule has 0 aliphatic rings. The summed E-state index contributed by atoms with van der Waals surface area (Å²) in [6.45, 7) is 7.14. The molecule has 0 aliphatic heterocycles. The van der Waals surface area contributed by atoms with Gasteiger partial charge in [0.25, 0.3) is 0 Å². The van der Waals surface area contributed by atoms with E-state index in [4.69, 9.17) is 12.3 Å². The molecule has 0 aliphatic carbocycles. The molecule has 23 heavy (non-hydrogen) atoms. The van der Waals surface area contributed by atoms with Crippen LogP contribution in [0.2, 0.25) is 0 Å².